The molecule has 0 saturated carbocycles. The molecule has 1 rings (SSSR count). The first-order chi connectivity index (χ1) is 7.78. The number of carbonyl (C=O) groups is 2. The number of hydrogen-bond acceptors (Lipinski definition) is 3. The fraction of sp³-hybridized carbons (Fsp3) is 0.846. The largest absolute Gasteiger partial charge is 0.350 e. The number of carbonyl (C=O) groups excluding carboxylic acids is 2. The van der Waals surface area contributed by atoms with E-state index >= 15 is 0 Å². The van der Waals surface area contributed by atoms with E-state index in [0.29, 0.717) is 6.54 Å². The van der Waals surface area contributed by atoms with Crippen LogP contribution in [0.15, 0.2) is 0 Å². The molecule has 0 aliphatic carbocycles. The first-order valence-corrected chi connectivity index (χ1v) is 6.32. The number of rotatable bonds is 3. The molecule has 0 spiro atoms. The molecule has 0 aromatic heterocycles. The summed E-state index contributed by atoms with van der Waals surface area (Å²) in [5.41, 5.74) is -0.188. The smallest absolute Gasteiger partial charge is 0.234 e. The summed E-state index contributed by atoms with van der Waals surface area (Å²) in [5, 5.41) is 2.94. The molecule has 1 unspecified atom stereocenters. The van der Waals surface area contributed by atoms with Gasteiger partial charge >= 0.3 is 0 Å². The fourth-order valence-corrected chi connectivity index (χ4v) is 2.19. The number of ketones is 1. The van der Waals surface area contributed by atoms with Crippen LogP contribution in [-0.4, -0.2) is 41.8 Å². The van der Waals surface area contributed by atoms with E-state index in [0.717, 1.165) is 25.9 Å². The third kappa shape index (κ3) is 5.31. The summed E-state index contributed by atoms with van der Waals surface area (Å²) >= 11 is 0. The van der Waals surface area contributed by atoms with Crippen LogP contribution in [0.25, 0.3) is 0 Å². The molecule has 4 nitrogen and oxygen atoms in total. The predicted octanol–water partition coefficient (Wildman–Crippen LogP) is 1.20. The number of piperidine rings is 1. The number of nitrogens with zero attached hydrogens (tertiary/aromatic N) is 1. The van der Waals surface area contributed by atoms with E-state index in [2.05, 4.69) is 10.2 Å². The summed E-state index contributed by atoms with van der Waals surface area (Å²) in [6.07, 6.45) is 1.97. The molecule has 1 aliphatic heterocycles. The molecule has 1 atom stereocenters. The normalized spacial score (nSPS) is 22.2. The van der Waals surface area contributed by atoms with Crippen molar-refractivity contribution in [1.29, 1.82) is 0 Å². The average molecular weight is 240 g/mol. The molecule has 4 heteroatoms. The minimum atomic E-state index is -0.188. The number of nitrogens with one attached hydrogen (secondary N) is 1. The van der Waals surface area contributed by atoms with Crippen LogP contribution in [0.4, 0.5) is 0 Å². The zero-order chi connectivity index (χ0) is 13.1. The Morgan fingerprint density at radius 3 is 2.53 bits per heavy atom. The Hall–Kier alpha value is -0.900. The van der Waals surface area contributed by atoms with Crippen molar-refractivity contribution in [2.75, 3.05) is 19.6 Å². The molecule has 0 aromatic rings. The second kappa shape index (κ2) is 5.63. The second-order valence-corrected chi connectivity index (χ2v) is 5.98. The van der Waals surface area contributed by atoms with Gasteiger partial charge in [-0.2, -0.15) is 0 Å². The summed E-state index contributed by atoms with van der Waals surface area (Å²) in [5.74, 6) is 0.402. The summed E-state index contributed by atoms with van der Waals surface area (Å²) in [7, 11) is 0. The number of amides is 1. The van der Waals surface area contributed by atoms with Gasteiger partial charge in [-0.15, -0.1) is 0 Å². The number of likely N-dealkylation sites (tertiary alicyclic amines) is 1. The lowest BCUT2D eigenvalue weighted by atomic mass is 9.94. The second-order valence-electron chi connectivity index (χ2n) is 5.98. The van der Waals surface area contributed by atoms with Crippen molar-refractivity contribution in [2.45, 2.75) is 46.1 Å². The summed E-state index contributed by atoms with van der Waals surface area (Å²) < 4.78 is 0. The minimum absolute atomic E-state index is 0.0432. The molecular formula is C13H24N2O2. The van der Waals surface area contributed by atoms with Gasteiger partial charge in [-0.3, -0.25) is 14.5 Å². The molecule has 1 N–H and O–H groups in total. The summed E-state index contributed by atoms with van der Waals surface area (Å²) in [4.78, 5) is 25.2. The molecule has 0 aromatic carbocycles. The number of hydrogen-bond donors (Lipinski definition) is 1. The Bertz CT molecular complexity index is 294. The van der Waals surface area contributed by atoms with Gasteiger partial charge in [-0.05, 0) is 47.1 Å². The molecule has 1 fully saturated rings. The van der Waals surface area contributed by atoms with Crippen LogP contribution < -0.4 is 5.32 Å². The van der Waals surface area contributed by atoms with Gasteiger partial charge in [-0.25, -0.2) is 0 Å². The molecule has 1 heterocycles. The van der Waals surface area contributed by atoms with Crippen LogP contribution in [0, 0.1) is 5.92 Å². The van der Waals surface area contributed by atoms with Crippen LogP contribution in [0.2, 0.25) is 0 Å². The minimum Gasteiger partial charge on any atom is -0.350 e. The third-order valence-electron chi connectivity index (χ3n) is 2.96. The van der Waals surface area contributed by atoms with E-state index in [9.17, 15) is 9.59 Å². The highest BCUT2D eigenvalue weighted by Crippen LogP contribution is 2.16. The van der Waals surface area contributed by atoms with E-state index in [1.165, 1.54) is 0 Å². The molecule has 1 aliphatic rings. The van der Waals surface area contributed by atoms with Gasteiger partial charge < -0.3 is 5.32 Å². The third-order valence-corrected chi connectivity index (χ3v) is 2.96. The maximum absolute atomic E-state index is 11.8. The molecule has 98 valence electrons. The van der Waals surface area contributed by atoms with Crippen molar-refractivity contribution in [2.24, 2.45) is 5.92 Å². The van der Waals surface area contributed by atoms with Crippen molar-refractivity contribution in [1.82, 2.24) is 10.2 Å². The van der Waals surface area contributed by atoms with E-state index in [1.54, 1.807) is 6.92 Å². The van der Waals surface area contributed by atoms with Crippen LogP contribution in [0.5, 0.6) is 0 Å². The van der Waals surface area contributed by atoms with Crippen LogP contribution in [0.3, 0.4) is 0 Å². The molecular weight excluding hydrogens is 216 g/mol. The Morgan fingerprint density at radius 1 is 1.35 bits per heavy atom. The Labute approximate surface area is 104 Å². The predicted molar refractivity (Wildman–Crippen MR) is 67.7 cm³/mol. The maximum atomic E-state index is 11.8. The van der Waals surface area contributed by atoms with Crippen molar-refractivity contribution in [3.63, 3.8) is 0 Å². The van der Waals surface area contributed by atoms with E-state index in [4.69, 9.17) is 0 Å². The van der Waals surface area contributed by atoms with Crippen molar-refractivity contribution < 1.29 is 9.59 Å². The lowest BCUT2D eigenvalue weighted by Crippen LogP contribution is -2.48. The lowest BCUT2D eigenvalue weighted by Gasteiger charge is -2.32. The Balaban J connectivity index is 2.41. The van der Waals surface area contributed by atoms with E-state index in [1.807, 2.05) is 20.8 Å². The Morgan fingerprint density at radius 2 is 2.00 bits per heavy atom. The molecule has 0 radical (unpaired) electrons. The molecule has 17 heavy (non-hydrogen) atoms. The first-order valence-electron chi connectivity index (χ1n) is 6.32. The number of Topliss-reactive ketones (excluding diaryl/α,β-unsaturated/α-hetero) is 1. The van der Waals surface area contributed by atoms with Crippen molar-refractivity contribution in [3.8, 4) is 0 Å². The maximum Gasteiger partial charge on any atom is 0.234 e. The van der Waals surface area contributed by atoms with Gasteiger partial charge in [0.2, 0.25) is 5.91 Å². The summed E-state index contributed by atoms with van der Waals surface area (Å²) in [6.45, 7) is 9.61. The van der Waals surface area contributed by atoms with Crippen LogP contribution in [0.1, 0.15) is 40.5 Å². The van der Waals surface area contributed by atoms with Gasteiger partial charge in [0, 0.05) is 18.0 Å². The Kier molecular flexibility index (Phi) is 4.69. The van der Waals surface area contributed by atoms with E-state index < -0.39 is 0 Å². The van der Waals surface area contributed by atoms with Gasteiger partial charge in [0.25, 0.3) is 0 Å². The van der Waals surface area contributed by atoms with Gasteiger partial charge in [-0.1, -0.05) is 0 Å². The molecule has 0 bridgehead atoms. The molecule has 1 amide bonds. The van der Waals surface area contributed by atoms with Crippen molar-refractivity contribution >= 4 is 11.7 Å². The zero-order valence-electron chi connectivity index (χ0n) is 11.4. The van der Waals surface area contributed by atoms with Crippen LogP contribution in [-0.2, 0) is 9.59 Å². The highest BCUT2D eigenvalue weighted by Gasteiger charge is 2.25. The summed E-state index contributed by atoms with van der Waals surface area (Å²) in [6, 6.07) is 0. The van der Waals surface area contributed by atoms with Crippen molar-refractivity contribution in [3.05, 3.63) is 0 Å². The van der Waals surface area contributed by atoms with Crippen LogP contribution >= 0.6 is 0 Å². The molecule has 1 saturated heterocycles. The van der Waals surface area contributed by atoms with Gasteiger partial charge in [0.15, 0.2) is 0 Å². The zero-order valence-corrected chi connectivity index (χ0v) is 11.4. The monoisotopic (exact) mass is 240 g/mol. The van der Waals surface area contributed by atoms with Gasteiger partial charge in [0.05, 0.1) is 6.54 Å². The standard InChI is InChI=1S/C13H24N2O2/c1-10(16)11-6-5-7-15(8-11)9-12(17)14-13(2,3)4/h11H,5-9H2,1-4H3,(H,14,17). The quantitative estimate of drug-likeness (QED) is 0.806. The fourth-order valence-electron chi connectivity index (χ4n) is 2.19. The van der Waals surface area contributed by atoms with Gasteiger partial charge in [0.1, 0.15) is 5.78 Å². The highest BCUT2D eigenvalue weighted by molar-refractivity contribution is 5.80. The van der Waals surface area contributed by atoms with E-state index in [-0.39, 0.29) is 23.1 Å². The SMILES string of the molecule is CC(=O)C1CCCN(CC(=O)NC(C)(C)C)C1. The average Bonchev–Trinajstić information content (AvgIpc) is 2.14. The first kappa shape index (κ1) is 14.2. The lowest BCUT2D eigenvalue weighted by molar-refractivity contribution is -0.127. The topological polar surface area (TPSA) is 49.4 Å². The highest BCUT2D eigenvalue weighted by atomic mass is 16.2.